The Bertz CT molecular complexity index is 673. The molecule has 0 aliphatic carbocycles. The molecule has 2 N–H and O–H groups in total. The molecule has 0 fully saturated rings. The lowest BCUT2D eigenvalue weighted by molar-refractivity contribution is 0.0636. The van der Waals surface area contributed by atoms with Crippen molar-refractivity contribution in [3.8, 4) is 0 Å². The van der Waals surface area contributed by atoms with Gasteiger partial charge in [-0.15, -0.1) is 0 Å². The van der Waals surface area contributed by atoms with Gasteiger partial charge in [0.05, 0.1) is 17.4 Å². The van der Waals surface area contributed by atoms with E-state index >= 15 is 0 Å². The number of aryl methyl sites for hydroxylation is 1. The summed E-state index contributed by atoms with van der Waals surface area (Å²) in [6.45, 7) is 7.52. The number of amides is 1. The monoisotopic (exact) mass is 316 g/mol. The Morgan fingerprint density at radius 3 is 2.48 bits per heavy atom. The molecule has 2 aromatic rings. The standard InChI is InChI=1S/C17H24N4O2/c1-12(15-18-10-11-21(15)5)19-13-8-6-7-9-14(13)20-16(22)23-17(2,3)4/h6-12,19H,1-5H3,(H,20,22). The van der Waals surface area contributed by atoms with Gasteiger partial charge in [0.15, 0.2) is 0 Å². The van der Waals surface area contributed by atoms with Crippen molar-refractivity contribution in [1.82, 2.24) is 9.55 Å². The number of rotatable bonds is 4. The molecule has 1 amide bonds. The van der Waals surface area contributed by atoms with E-state index in [-0.39, 0.29) is 6.04 Å². The minimum atomic E-state index is -0.535. The summed E-state index contributed by atoms with van der Waals surface area (Å²) in [4.78, 5) is 16.3. The maximum Gasteiger partial charge on any atom is 0.412 e. The number of imidazole rings is 1. The molecule has 124 valence electrons. The number of hydrogen-bond donors (Lipinski definition) is 2. The number of nitrogens with one attached hydrogen (secondary N) is 2. The molecule has 0 aliphatic heterocycles. The lowest BCUT2D eigenvalue weighted by atomic mass is 10.2. The van der Waals surface area contributed by atoms with Gasteiger partial charge in [0.2, 0.25) is 0 Å². The molecule has 1 heterocycles. The average molecular weight is 316 g/mol. The third-order valence-corrected chi connectivity index (χ3v) is 3.18. The minimum Gasteiger partial charge on any atom is -0.444 e. The maximum atomic E-state index is 12.0. The summed E-state index contributed by atoms with van der Waals surface area (Å²) in [7, 11) is 1.95. The van der Waals surface area contributed by atoms with Gasteiger partial charge in [0.25, 0.3) is 0 Å². The number of carbonyl (C=O) groups is 1. The van der Waals surface area contributed by atoms with E-state index in [9.17, 15) is 4.79 Å². The van der Waals surface area contributed by atoms with Gasteiger partial charge < -0.3 is 14.6 Å². The zero-order valence-electron chi connectivity index (χ0n) is 14.3. The fraction of sp³-hybridized carbons (Fsp3) is 0.412. The quantitative estimate of drug-likeness (QED) is 0.896. The van der Waals surface area contributed by atoms with Gasteiger partial charge in [-0.05, 0) is 39.8 Å². The van der Waals surface area contributed by atoms with Crippen LogP contribution in [0.25, 0.3) is 0 Å². The first-order valence-corrected chi connectivity index (χ1v) is 7.59. The second-order valence-electron chi connectivity index (χ2n) is 6.43. The zero-order valence-corrected chi connectivity index (χ0v) is 14.3. The van der Waals surface area contributed by atoms with E-state index in [0.29, 0.717) is 5.69 Å². The lowest BCUT2D eigenvalue weighted by Crippen LogP contribution is -2.27. The van der Waals surface area contributed by atoms with Crippen molar-refractivity contribution in [2.24, 2.45) is 7.05 Å². The summed E-state index contributed by atoms with van der Waals surface area (Å²) in [5, 5.41) is 6.15. The van der Waals surface area contributed by atoms with Gasteiger partial charge in [-0.1, -0.05) is 12.1 Å². The van der Waals surface area contributed by atoms with Crippen molar-refractivity contribution in [3.63, 3.8) is 0 Å². The predicted octanol–water partition coefficient (Wildman–Crippen LogP) is 3.94. The number of carbonyl (C=O) groups excluding carboxylic acids is 1. The maximum absolute atomic E-state index is 12.0. The van der Waals surface area contributed by atoms with Crippen LogP contribution in [-0.4, -0.2) is 21.2 Å². The van der Waals surface area contributed by atoms with Crippen LogP contribution in [-0.2, 0) is 11.8 Å². The Labute approximate surface area is 136 Å². The smallest absolute Gasteiger partial charge is 0.412 e. The third-order valence-electron chi connectivity index (χ3n) is 3.18. The molecule has 1 unspecified atom stereocenters. The third kappa shape index (κ3) is 4.74. The van der Waals surface area contributed by atoms with Crippen LogP contribution in [0.4, 0.5) is 16.2 Å². The molecule has 1 aromatic heterocycles. The fourth-order valence-corrected chi connectivity index (χ4v) is 2.22. The zero-order chi connectivity index (χ0) is 17.0. The average Bonchev–Trinajstić information content (AvgIpc) is 2.85. The molecule has 6 nitrogen and oxygen atoms in total. The lowest BCUT2D eigenvalue weighted by Gasteiger charge is -2.21. The Morgan fingerprint density at radius 1 is 1.26 bits per heavy atom. The van der Waals surface area contributed by atoms with Gasteiger partial charge >= 0.3 is 6.09 Å². The van der Waals surface area contributed by atoms with Gasteiger partial charge in [-0.2, -0.15) is 0 Å². The Hall–Kier alpha value is -2.50. The highest BCUT2D eigenvalue weighted by Crippen LogP contribution is 2.26. The largest absolute Gasteiger partial charge is 0.444 e. The molecule has 0 saturated heterocycles. The normalized spacial score (nSPS) is 12.6. The molecule has 1 atom stereocenters. The molecule has 0 saturated carbocycles. The summed E-state index contributed by atoms with van der Waals surface area (Å²) in [5.41, 5.74) is 0.948. The fourth-order valence-electron chi connectivity index (χ4n) is 2.22. The van der Waals surface area contributed by atoms with Gasteiger partial charge in [-0.25, -0.2) is 9.78 Å². The number of nitrogens with zero attached hydrogens (tertiary/aromatic N) is 2. The van der Waals surface area contributed by atoms with Crippen molar-refractivity contribution in [2.75, 3.05) is 10.6 Å². The van der Waals surface area contributed by atoms with Gasteiger partial charge in [-0.3, -0.25) is 5.32 Å². The summed E-state index contributed by atoms with van der Waals surface area (Å²) >= 11 is 0. The van der Waals surface area contributed by atoms with Crippen molar-refractivity contribution in [1.29, 1.82) is 0 Å². The van der Waals surface area contributed by atoms with Gasteiger partial charge in [0.1, 0.15) is 11.4 Å². The Balaban J connectivity index is 2.11. The van der Waals surface area contributed by atoms with Crippen molar-refractivity contribution >= 4 is 17.5 Å². The molecule has 0 radical (unpaired) electrons. The van der Waals surface area contributed by atoms with Crippen molar-refractivity contribution < 1.29 is 9.53 Å². The first kappa shape index (κ1) is 16.9. The van der Waals surface area contributed by atoms with Crippen LogP contribution in [0.2, 0.25) is 0 Å². The number of para-hydroxylation sites is 2. The summed E-state index contributed by atoms with van der Waals surface area (Å²) in [6, 6.07) is 7.51. The van der Waals surface area contributed by atoms with E-state index in [1.807, 2.05) is 69.8 Å². The first-order valence-electron chi connectivity index (χ1n) is 7.59. The topological polar surface area (TPSA) is 68.2 Å². The van der Waals surface area contributed by atoms with Crippen LogP contribution in [0, 0.1) is 0 Å². The molecule has 0 bridgehead atoms. The number of aromatic nitrogens is 2. The van der Waals surface area contributed by atoms with Crippen molar-refractivity contribution in [3.05, 3.63) is 42.5 Å². The summed E-state index contributed by atoms with van der Waals surface area (Å²) in [5.74, 6) is 0.914. The summed E-state index contributed by atoms with van der Waals surface area (Å²) in [6.07, 6.45) is 3.19. The van der Waals surface area contributed by atoms with Gasteiger partial charge in [0, 0.05) is 19.4 Å². The highest BCUT2D eigenvalue weighted by Gasteiger charge is 2.18. The van der Waals surface area contributed by atoms with Crippen LogP contribution < -0.4 is 10.6 Å². The molecule has 6 heteroatoms. The molecule has 23 heavy (non-hydrogen) atoms. The van der Waals surface area contributed by atoms with Crippen molar-refractivity contribution in [2.45, 2.75) is 39.3 Å². The number of hydrogen-bond acceptors (Lipinski definition) is 4. The second-order valence-corrected chi connectivity index (χ2v) is 6.43. The minimum absolute atomic E-state index is 0.00316. The predicted molar refractivity (Wildman–Crippen MR) is 91.5 cm³/mol. The molecular formula is C17H24N4O2. The van der Waals surface area contributed by atoms with E-state index in [0.717, 1.165) is 11.5 Å². The van der Waals surface area contributed by atoms with E-state index < -0.39 is 11.7 Å². The van der Waals surface area contributed by atoms with E-state index in [2.05, 4.69) is 15.6 Å². The molecule has 2 rings (SSSR count). The summed E-state index contributed by atoms with van der Waals surface area (Å²) < 4.78 is 7.26. The molecule has 0 aliphatic rings. The molecule has 1 aromatic carbocycles. The van der Waals surface area contributed by atoms with Crippen LogP contribution in [0.1, 0.15) is 39.6 Å². The second kappa shape index (κ2) is 6.73. The highest BCUT2D eigenvalue weighted by molar-refractivity contribution is 5.89. The van der Waals surface area contributed by atoms with E-state index in [1.54, 1.807) is 6.20 Å². The van der Waals surface area contributed by atoms with Crippen LogP contribution in [0.15, 0.2) is 36.7 Å². The Kier molecular flexibility index (Phi) is 4.93. The van der Waals surface area contributed by atoms with Crippen LogP contribution >= 0.6 is 0 Å². The number of anilines is 2. The Morgan fingerprint density at radius 2 is 1.91 bits per heavy atom. The highest BCUT2D eigenvalue weighted by atomic mass is 16.6. The van der Waals surface area contributed by atoms with Crippen LogP contribution in [0.5, 0.6) is 0 Å². The van der Waals surface area contributed by atoms with Crippen LogP contribution in [0.3, 0.4) is 0 Å². The molecule has 0 spiro atoms. The number of benzene rings is 1. The van der Waals surface area contributed by atoms with E-state index in [1.165, 1.54) is 0 Å². The van der Waals surface area contributed by atoms with E-state index in [4.69, 9.17) is 4.74 Å². The number of ether oxygens (including phenoxy) is 1. The molecular weight excluding hydrogens is 292 g/mol. The first-order chi connectivity index (χ1) is 10.8. The SMILES string of the molecule is CC(Nc1ccccc1NC(=O)OC(C)(C)C)c1nccn1C.